The first-order valence-electron chi connectivity index (χ1n) is 7.46. The second kappa shape index (κ2) is 7.51. The number of anilines is 1. The van der Waals surface area contributed by atoms with Crippen LogP contribution in [0.2, 0.25) is 0 Å². The van der Waals surface area contributed by atoms with Gasteiger partial charge in [0.1, 0.15) is 5.82 Å². The average molecular weight is 324 g/mol. The molecule has 0 spiro atoms. The van der Waals surface area contributed by atoms with Gasteiger partial charge in [-0.2, -0.15) is 5.26 Å². The van der Waals surface area contributed by atoms with E-state index in [0.717, 1.165) is 16.7 Å². The van der Waals surface area contributed by atoms with E-state index in [0.29, 0.717) is 0 Å². The number of halogens is 1. The number of aryl methyl sites for hydroxylation is 2. The fraction of sp³-hybridized carbons (Fsp3) is 0.211. The summed E-state index contributed by atoms with van der Waals surface area (Å²) in [4.78, 5) is 24.5. The van der Waals surface area contributed by atoms with Crippen molar-refractivity contribution in [3.63, 3.8) is 0 Å². The summed E-state index contributed by atoms with van der Waals surface area (Å²) in [5, 5.41) is 11.5. The van der Waals surface area contributed by atoms with Crippen LogP contribution in [0.5, 0.6) is 0 Å². The van der Waals surface area contributed by atoms with Gasteiger partial charge in [-0.05, 0) is 37.1 Å². The maximum absolute atomic E-state index is 13.6. The molecule has 122 valence electrons. The molecule has 2 rings (SSSR count). The molecule has 0 aliphatic heterocycles. The second-order valence-corrected chi connectivity index (χ2v) is 5.60. The Bertz CT molecular complexity index is 824. The Morgan fingerprint density at radius 2 is 1.92 bits per heavy atom. The van der Waals surface area contributed by atoms with Gasteiger partial charge in [-0.1, -0.05) is 35.9 Å². The number of Topliss-reactive ketones (excluding diaryl/α,β-unsaturated/α-hetero) is 1. The van der Waals surface area contributed by atoms with Crippen LogP contribution < -0.4 is 5.32 Å². The second-order valence-electron chi connectivity index (χ2n) is 5.60. The largest absolute Gasteiger partial charge is 0.322 e. The third-order valence-electron chi connectivity index (χ3n) is 3.71. The highest BCUT2D eigenvalue weighted by Crippen LogP contribution is 2.17. The summed E-state index contributed by atoms with van der Waals surface area (Å²) in [6, 6.07) is 13.0. The van der Waals surface area contributed by atoms with Gasteiger partial charge in [0.05, 0.1) is 11.8 Å². The van der Waals surface area contributed by atoms with Crippen molar-refractivity contribution in [2.45, 2.75) is 20.3 Å². The SMILES string of the molecule is Cc1ccc(C)c(CC(=O)C(C#N)C(=O)Nc2ccccc2F)c1. The van der Waals surface area contributed by atoms with Crippen molar-refractivity contribution in [2.24, 2.45) is 5.92 Å². The van der Waals surface area contributed by atoms with Crippen LogP contribution in [0, 0.1) is 36.9 Å². The first-order valence-corrected chi connectivity index (χ1v) is 7.46. The minimum atomic E-state index is -1.48. The molecule has 0 saturated carbocycles. The highest BCUT2D eigenvalue weighted by Gasteiger charge is 2.27. The molecule has 2 aromatic carbocycles. The first kappa shape index (κ1) is 17.4. The molecule has 24 heavy (non-hydrogen) atoms. The standard InChI is InChI=1S/C19H17FN2O2/c1-12-7-8-13(2)14(9-12)10-18(23)15(11-21)19(24)22-17-6-4-3-5-16(17)20/h3-9,15H,10H2,1-2H3,(H,22,24). The number of hydrogen-bond acceptors (Lipinski definition) is 3. The molecule has 0 aliphatic carbocycles. The molecule has 0 saturated heterocycles. The Morgan fingerprint density at radius 3 is 2.58 bits per heavy atom. The van der Waals surface area contributed by atoms with E-state index in [4.69, 9.17) is 0 Å². The van der Waals surface area contributed by atoms with E-state index in [-0.39, 0.29) is 12.1 Å². The Morgan fingerprint density at radius 1 is 1.21 bits per heavy atom. The van der Waals surface area contributed by atoms with Crippen LogP contribution in [0.1, 0.15) is 16.7 Å². The summed E-state index contributed by atoms with van der Waals surface area (Å²) in [7, 11) is 0. The minimum absolute atomic E-state index is 0.0174. The lowest BCUT2D eigenvalue weighted by Gasteiger charge is -2.11. The van der Waals surface area contributed by atoms with E-state index in [2.05, 4.69) is 5.32 Å². The number of carbonyl (C=O) groups excluding carboxylic acids is 2. The number of hydrogen-bond donors (Lipinski definition) is 1. The van der Waals surface area contributed by atoms with Crippen molar-refractivity contribution in [2.75, 3.05) is 5.32 Å². The number of ketones is 1. The summed E-state index contributed by atoms with van der Waals surface area (Å²) >= 11 is 0. The van der Waals surface area contributed by atoms with E-state index in [1.807, 2.05) is 32.0 Å². The Hall–Kier alpha value is -3.00. The molecule has 0 aliphatic rings. The first-order chi connectivity index (χ1) is 11.4. The fourth-order valence-electron chi connectivity index (χ4n) is 2.32. The van der Waals surface area contributed by atoms with Crippen LogP contribution in [0.15, 0.2) is 42.5 Å². The van der Waals surface area contributed by atoms with Gasteiger partial charge < -0.3 is 5.32 Å². The topological polar surface area (TPSA) is 70.0 Å². The zero-order valence-corrected chi connectivity index (χ0v) is 13.5. The summed E-state index contributed by atoms with van der Waals surface area (Å²) in [5.41, 5.74) is 2.63. The van der Waals surface area contributed by atoms with Gasteiger partial charge in [-0.15, -0.1) is 0 Å². The number of carbonyl (C=O) groups is 2. The van der Waals surface area contributed by atoms with Crippen LogP contribution in [-0.4, -0.2) is 11.7 Å². The van der Waals surface area contributed by atoms with Crippen LogP contribution in [0.3, 0.4) is 0 Å². The lowest BCUT2D eigenvalue weighted by atomic mass is 9.94. The summed E-state index contributed by atoms with van der Waals surface area (Å²) < 4.78 is 13.6. The summed E-state index contributed by atoms with van der Waals surface area (Å²) in [5.74, 6) is -3.44. The monoisotopic (exact) mass is 324 g/mol. The number of nitriles is 1. The van der Waals surface area contributed by atoms with Gasteiger partial charge in [0.15, 0.2) is 11.7 Å². The van der Waals surface area contributed by atoms with Crippen molar-refractivity contribution in [1.82, 2.24) is 0 Å². The van der Waals surface area contributed by atoms with Crippen molar-refractivity contribution in [1.29, 1.82) is 5.26 Å². The molecule has 0 fully saturated rings. The van der Waals surface area contributed by atoms with Crippen molar-refractivity contribution in [3.8, 4) is 6.07 Å². The molecule has 0 bridgehead atoms. The van der Waals surface area contributed by atoms with Gasteiger partial charge >= 0.3 is 0 Å². The normalized spacial score (nSPS) is 11.4. The third kappa shape index (κ3) is 4.05. The molecule has 1 unspecified atom stereocenters. The Kier molecular flexibility index (Phi) is 5.43. The number of para-hydroxylation sites is 1. The minimum Gasteiger partial charge on any atom is -0.322 e. The number of nitrogens with one attached hydrogen (secondary N) is 1. The highest BCUT2D eigenvalue weighted by atomic mass is 19.1. The van der Waals surface area contributed by atoms with Gasteiger partial charge in [-0.3, -0.25) is 9.59 Å². The predicted molar refractivity (Wildman–Crippen MR) is 88.8 cm³/mol. The van der Waals surface area contributed by atoms with E-state index in [1.165, 1.54) is 18.2 Å². The maximum atomic E-state index is 13.6. The highest BCUT2D eigenvalue weighted by molar-refractivity contribution is 6.10. The van der Waals surface area contributed by atoms with Crippen LogP contribution in [0.4, 0.5) is 10.1 Å². The van der Waals surface area contributed by atoms with Crippen LogP contribution in [-0.2, 0) is 16.0 Å². The summed E-state index contributed by atoms with van der Waals surface area (Å²) in [6.45, 7) is 3.77. The van der Waals surface area contributed by atoms with Crippen LogP contribution in [0.25, 0.3) is 0 Å². The van der Waals surface area contributed by atoms with E-state index in [1.54, 1.807) is 12.1 Å². The summed E-state index contributed by atoms with van der Waals surface area (Å²) in [6.07, 6.45) is -0.0174. The number of amides is 1. The van der Waals surface area contributed by atoms with E-state index >= 15 is 0 Å². The molecular weight excluding hydrogens is 307 g/mol. The lowest BCUT2D eigenvalue weighted by Crippen LogP contribution is -2.30. The molecule has 1 amide bonds. The molecule has 1 N–H and O–H groups in total. The molecule has 0 heterocycles. The predicted octanol–water partition coefficient (Wildman–Crippen LogP) is 3.33. The van der Waals surface area contributed by atoms with Crippen molar-refractivity contribution >= 4 is 17.4 Å². The van der Waals surface area contributed by atoms with E-state index in [9.17, 15) is 19.2 Å². The van der Waals surface area contributed by atoms with Gasteiger partial charge in [0.25, 0.3) is 0 Å². The number of benzene rings is 2. The smallest absolute Gasteiger partial charge is 0.249 e. The average Bonchev–Trinajstić information content (AvgIpc) is 2.54. The van der Waals surface area contributed by atoms with Crippen molar-refractivity contribution in [3.05, 3.63) is 65.0 Å². The zero-order chi connectivity index (χ0) is 17.7. The zero-order valence-electron chi connectivity index (χ0n) is 13.5. The molecule has 2 aromatic rings. The quantitative estimate of drug-likeness (QED) is 0.858. The lowest BCUT2D eigenvalue weighted by molar-refractivity contribution is -0.128. The number of nitrogens with zero attached hydrogens (tertiary/aromatic N) is 1. The maximum Gasteiger partial charge on any atom is 0.249 e. The molecule has 0 aromatic heterocycles. The third-order valence-corrected chi connectivity index (χ3v) is 3.71. The molecule has 4 nitrogen and oxygen atoms in total. The Balaban J connectivity index is 2.14. The molecule has 1 atom stereocenters. The molecule has 5 heteroatoms. The van der Waals surface area contributed by atoms with Crippen LogP contribution >= 0.6 is 0 Å². The number of rotatable bonds is 5. The Labute approximate surface area is 139 Å². The molecule has 0 radical (unpaired) electrons. The van der Waals surface area contributed by atoms with Gasteiger partial charge in [-0.25, -0.2) is 4.39 Å². The van der Waals surface area contributed by atoms with E-state index < -0.39 is 23.4 Å². The van der Waals surface area contributed by atoms with Gasteiger partial charge in [0, 0.05) is 6.42 Å². The van der Waals surface area contributed by atoms with Gasteiger partial charge in [0.2, 0.25) is 5.91 Å². The molecular formula is C19H17FN2O2. The van der Waals surface area contributed by atoms with Crippen molar-refractivity contribution < 1.29 is 14.0 Å². The fourth-order valence-corrected chi connectivity index (χ4v) is 2.32.